The van der Waals surface area contributed by atoms with E-state index in [0.29, 0.717) is 19.6 Å². The molecule has 0 atom stereocenters. The van der Waals surface area contributed by atoms with Gasteiger partial charge in [-0.3, -0.25) is 14.5 Å². The van der Waals surface area contributed by atoms with Crippen molar-refractivity contribution in [2.24, 2.45) is 5.73 Å². The molecule has 2 amide bonds. The van der Waals surface area contributed by atoms with Gasteiger partial charge in [0.25, 0.3) is 0 Å². The monoisotopic (exact) mass is 254 g/mol. The van der Waals surface area contributed by atoms with Crippen LogP contribution in [0.1, 0.15) is 12.8 Å². The van der Waals surface area contributed by atoms with Gasteiger partial charge in [0.1, 0.15) is 0 Å². The van der Waals surface area contributed by atoms with Gasteiger partial charge in [-0.1, -0.05) is 0 Å². The minimum atomic E-state index is -0.568. The summed E-state index contributed by atoms with van der Waals surface area (Å²) in [6, 6.07) is 0. The Morgan fingerprint density at radius 2 is 1.72 bits per heavy atom. The predicted molar refractivity (Wildman–Crippen MR) is 67.9 cm³/mol. The molecule has 6 heteroatoms. The van der Waals surface area contributed by atoms with Gasteiger partial charge < -0.3 is 15.5 Å². The minimum absolute atomic E-state index is 0.0843. The summed E-state index contributed by atoms with van der Waals surface area (Å²) in [6.45, 7) is 3.29. The van der Waals surface area contributed by atoms with Crippen molar-refractivity contribution < 1.29 is 9.59 Å². The SMILES string of the molecule is CN(C)C(=O)CN1CCN(C(=O)C2(N)CC2)CC1. The lowest BCUT2D eigenvalue weighted by molar-refractivity contribution is -0.136. The lowest BCUT2D eigenvalue weighted by atomic mass is 10.2. The molecule has 0 aromatic rings. The van der Waals surface area contributed by atoms with E-state index in [9.17, 15) is 9.59 Å². The molecule has 1 heterocycles. The highest BCUT2D eigenvalue weighted by molar-refractivity contribution is 5.89. The van der Waals surface area contributed by atoms with Gasteiger partial charge >= 0.3 is 0 Å². The van der Waals surface area contributed by atoms with Gasteiger partial charge in [-0.25, -0.2) is 0 Å². The van der Waals surface area contributed by atoms with Crippen LogP contribution in [-0.4, -0.2) is 78.9 Å². The molecule has 0 unspecified atom stereocenters. The zero-order valence-corrected chi connectivity index (χ0v) is 11.2. The second-order valence-electron chi connectivity index (χ2n) is 5.51. The van der Waals surface area contributed by atoms with Crippen LogP contribution in [0.25, 0.3) is 0 Å². The first-order valence-electron chi connectivity index (χ1n) is 6.43. The number of nitrogens with zero attached hydrogens (tertiary/aromatic N) is 3. The first-order valence-corrected chi connectivity index (χ1v) is 6.43. The zero-order chi connectivity index (χ0) is 13.3. The highest BCUT2D eigenvalue weighted by Gasteiger charge is 2.48. The van der Waals surface area contributed by atoms with Crippen LogP contribution in [0.2, 0.25) is 0 Å². The first kappa shape index (κ1) is 13.3. The molecule has 102 valence electrons. The topological polar surface area (TPSA) is 69.9 Å². The van der Waals surface area contributed by atoms with Crippen LogP contribution in [0, 0.1) is 0 Å². The van der Waals surface area contributed by atoms with E-state index in [2.05, 4.69) is 4.90 Å². The van der Waals surface area contributed by atoms with Crippen molar-refractivity contribution in [3.8, 4) is 0 Å². The smallest absolute Gasteiger partial charge is 0.242 e. The maximum Gasteiger partial charge on any atom is 0.242 e. The van der Waals surface area contributed by atoms with E-state index in [1.165, 1.54) is 0 Å². The Balaban J connectivity index is 1.78. The Morgan fingerprint density at radius 3 is 2.17 bits per heavy atom. The first-order chi connectivity index (χ1) is 8.42. The molecule has 0 aromatic heterocycles. The molecule has 2 rings (SSSR count). The third-order valence-electron chi connectivity index (χ3n) is 3.73. The maximum atomic E-state index is 12.0. The second kappa shape index (κ2) is 4.85. The number of piperazine rings is 1. The molecule has 0 radical (unpaired) electrons. The number of carbonyl (C=O) groups excluding carboxylic acids is 2. The van der Waals surface area contributed by atoms with Crippen LogP contribution in [0.3, 0.4) is 0 Å². The summed E-state index contributed by atoms with van der Waals surface area (Å²) in [5, 5.41) is 0. The number of likely N-dealkylation sites (N-methyl/N-ethyl adjacent to an activating group) is 1. The fourth-order valence-corrected chi connectivity index (χ4v) is 2.11. The molecule has 2 fully saturated rings. The Morgan fingerprint density at radius 1 is 1.17 bits per heavy atom. The van der Waals surface area contributed by atoms with Crippen LogP contribution < -0.4 is 5.73 Å². The third kappa shape index (κ3) is 2.81. The number of amides is 2. The van der Waals surface area contributed by atoms with Crippen LogP contribution in [-0.2, 0) is 9.59 Å². The van der Waals surface area contributed by atoms with Crippen LogP contribution in [0.4, 0.5) is 0 Å². The van der Waals surface area contributed by atoms with Gasteiger partial charge in [0.15, 0.2) is 0 Å². The van der Waals surface area contributed by atoms with Crippen molar-refractivity contribution in [2.45, 2.75) is 18.4 Å². The molecule has 0 spiro atoms. The van der Waals surface area contributed by atoms with Gasteiger partial charge in [0.05, 0.1) is 12.1 Å². The lowest BCUT2D eigenvalue weighted by Crippen LogP contribution is -2.55. The molecule has 0 aromatic carbocycles. The van der Waals surface area contributed by atoms with Crippen LogP contribution in [0.15, 0.2) is 0 Å². The van der Waals surface area contributed by atoms with E-state index in [0.717, 1.165) is 25.9 Å². The molecule has 2 N–H and O–H groups in total. The zero-order valence-electron chi connectivity index (χ0n) is 11.2. The molecular weight excluding hydrogens is 232 g/mol. The van der Waals surface area contributed by atoms with E-state index in [1.807, 2.05) is 4.90 Å². The predicted octanol–water partition coefficient (Wildman–Crippen LogP) is -1.29. The Bertz CT molecular complexity index is 344. The van der Waals surface area contributed by atoms with Crippen molar-refractivity contribution in [3.63, 3.8) is 0 Å². The molecular formula is C12H22N4O2. The summed E-state index contributed by atoms with van der Waals surface area (Å²) < 4.78 is 0. The van der Waals surface area contributed by atoms with Gasteiger partial charge in [0, 0.05) is 40.3 Å². The number of nitrogens with two attached hydrogens (primary N) is 1. The van der Waals surface area contributed by atoms with E-state index < -0.39 is 5.54 Å². The van der Waals surface area contributed by atoms with Crippen molar-refractivity contribution in [2.75, 3.05) is 46.8 Å². The van der Waals surface area contributed by atoms with E-state index in [4.69, 9.17) is 5.73 Å². The standard InChI is InChI=1S/C12H22N4O2/c1-14(2)10(17)9-15-5-7-16(8-6-15)11(18)12(13)3-4-12/h3-9,13H2,1-2H3. The maximum absolute atomic E-state index is 12.0. The largest absolute Gasteiger partial charge is 0.348 e. The van der Waals surface area contributed by atoms with Gasteiger partial charge in [-0.05, 0) is 12.8 Å². The highest BCUT2D eigenvalue weighted by atomic mass is 16.2. The van der Waals surface area contributed by atoms with Gasteiger partial charge in [-0.2, -0.15) is 0 Å². The van der Waals surface area contributed by atoms with Crippen molar-refractivity contribution in [3.05, 3.63) is 0 Å². The summed E-state index contributed by atoms with van der Waals surface area (Å²) in [5.41, 5.74) is 5.34. The van der Waals surface area contributed by atoms with Crippen molar-refractivity contribution in [1.82, 2.24) is 14.7 Å². The van der Waals surface area contributed by atoms with Crippen LogP contribution in [0.5, 0.6) is 0 Å². The fraction of sp³-hybridized carbons (Fsp3) is 0.833. The van der Waals surface area contributed by atoms with Crippen LogP contribution >= 0.6 is 0 Å². The average Bonchev–Trinajstić information content (AvgIpc) is 3.08. The Hall–Kier alpha value is -1.14. The fourth-order valence-electron chi connectivity index (χ4n) is 2.11. The Kier molecular flexibility index (Phi) is 3.59. The number of hydrogen-bond acceptors (Lipinski definition) is 4. The molecule has 18 heavy (non-hydrogen) atoms. The molecule has 1 saturated heterocycles. The van der Waals surface area contributed by atoms with Crippen molar-refractivity contribution >= 4 is 11.8 Å². The summed E-state index contributed by atoms with van der Waals surface area (Å²) >= 11 is 0. The third-order valence-corrected chi connectivity index (χ3v) is 3.73. The second-order valence-corrected chi connectivity index (χ2v) is 5.51. The average molecular weight is 254 g/mol. The summed E-state index contributed by atoms with van der Waals surface area (Å²) in [4.78, 5) is 29.1. The number of carbonyl (C=O) groups is 2. The molecule has 1 aliphatic carbocycles. The summed E-state index contributed by atoms with van der Waals surface area (Å²) in [6.07, 6.45) is 1.62. The molecule has 1 saturated carbocycles. The Labute approximate surface area is 108 Å². The van der Waals surface area contributed by atoms with Crippen molar-refractivity contribution in [1.29, 1.82) is 0 Å². The molecule has 0 bridgehead atoms. The molecule has 6 nitrogen and oxygen atoms in total. The summed E-state index contributed by atoms with van der Waals surface area (Å²) in [7, 11) is 3.51. The van der Waals surface area contributed by atoms with Gasteiger partial charge in [-0.15, -0.1) is 0 Å². The summed E-state index contributed by atoms with van der Waals surface area (Å²) in [5.74, 6) is 0.188. The number of hydrogen-bond donors (Lipinski definition) is 1. The molecule has 2 aliphatic rings. The molecule has 1 aliphatic heterocycles. The van der Waals surface area contributed by atoms with E-state index in [1.54, 1.807) is 19.0 Å². The van der Waals surface area contributed by atoms with Gasteiger partial charge in [0.2, 0.25) is 11.8 Å². The van der Waals surface area contributed by atoms with E-state index >= 15 is 0 Å². The lowest BCUT2D eigenvalue weighted by Gasteiger charge is -2.36. The number of rotatable bonds is 3. The quantitative estimate of drug-likeness (QED) is 0.680. The highest BCUT2D eigenvalue weighted by Crippen LogP contribution is 2.34. The normalized spacial score (nSPS) is 22.7. The van der Waals surface area contributed by atoms with E-state index in [-0.39, 0.29) is 11.8 Å². The minimum Gasteiger partial charge on any atom is -0.348 e.